The van der Waals surface area contributed by atoms with E-state index in [0.717, 1.165) is 68.6 Å². The molecule has 4 saturated carbocycles. The van der Waals surface area contributed by atoms with Crippen LogP contribution in [-0.2, 0) is 4.79 Å². The minimum Gasteiger partial charge on any atom is -0.393 e. The molecule has 7 rings (SSSR count). The van der Waals surface area contributed by atoms with E-state index >= 15 is 0 Å². The summed E-state index contributed by atoms with van der Waals surface area (Å²) in [7, 11) is 0. The number of piperidine rings is 1. The van der Waals surface area contributed by atoms with Crippen LogP contribution in [0.1, 0.15) is 38.5 Å². The molecule has 31 heavy (non-hydrogen) atoms. The van der Waals surface area contributed by atoms with Crippen molar-refractivity contribution in [2.24, 2.45) is 23.2 Å². The fourth-order valence-corrected chi connectivity index (χ4v) is 7.06. The van der Waals surface area contributed by atoms with Gasteiger partial charge in [-0.25, -0.2) is 4.98 Å². The maximum Gasteiger partial charge on any atom is 0.226 e. The summed E-state index contributed by atoms with van der Waals surface area (Å²) in [5, 5.41) is 14.0. The van der Waals surface area contributed by atoms with Crippen molar-refractivity contribution in [3.8, 4) is 11.1 Å². The van der Waals surface area contributed by atoms with E-state index in [1.54, 1.807) is 12.4 Å². The molecule has 4 aliphatic carbocycles. The molecule has 0 spiro atoms. The topological polar surface area (TPSA) is 78.4 Å². The molecule has 2 aromatic rings. The summed E-state index contributed by atoms with van der Waals surface area (Å²) in [6, 6.07) is 8.30. The largest absolute Gasteiger partial charge is 0.393 e. The van der Waals surface area contributed by atoms with Crippen LogP contribution in [0.4, 0.5) is 5.82 Å². The van der Waals surface area contributed by atoms with E-state index in [-0.39, 0.29) is 29.4 Å². The zero-order valence-electron chi connectivity index (χ0n) is 17.8. The van der Waals surface area contributed by atoms with Gasteiger partial charge in [-0.2, -0.15) is 0 Å². The number of nitrogens with zero attached hydrogens (tertiary/aromatic N) is 3. The number of aliphatic hydroxyl groups excluding tert-OH is 1. The number of rotatable bonds is 4. The van der Waals surface area contributed by atoms with E-state index in [1.165, 1.54) is 0 Å². The second-order valence-corrected chi connectivity index (χ2v) is 10.2. The van der Waals surface area contributed by atoms with Crippen molar-refractivity contribution in [2.75, 3.05) is 18.0 Å². The van der Waals surface area contributed by atoms with Crippen LogP contribution in [0.2, 0.25) is 0 Å². The first kappa shape index (κ1) is 19.2. The Kier molecular flexibility index (Phi) is 4.53. The van der Waals surface area contributed by atoms with E-state index in [4.69, 9.17) is 4.98 Å². The zero-order chi connectivity index (χ0) is 21.0. The molecule has 4 bridgehead atoms. The Balaban J connectivity index is 1.13. The lowest BCUT2D eigenvalue weighted by Gasteiger charge is -2.37. The quantitative estimate of drug-likeness (QED) is 0.798. The number of carbonyl (C=O) groups is 1. The van der Waals surface area contributed by atoms with Crippen LogP contribution in [0.25, 0.3) is 11.1 Å². The van der Waals surface area contributed by atoms with Gasteiger partial charge in [0.1, 0.15) is 5.82 Å². The average Bonchev–Trinajstić information content (AvgIpc) is 3.19. The molecular formula is C25H30N4O2. The molecular weight excluding hydrogens is 388 g/mol. The minimum absolute atomic E-state index is 0.146. The second kappa shape index (κ2) is 7.30. The van der Waals surface area contributed by atoms with Gasteiger partial charge in [-0.1, -0.05) is 0 Å². The number of amides is 1. The molecule has 6 atom stereocenters. The highest BCUT2D eigenvalue weighted by molar-refractivity contribution is 5.84. The van der Waals surface area contributed by atoms with E-state index in [0.29, 0.717) is 11.8 Å². The second-order valence-electron chi connectivity index (χ2n) is 10.2. The van der Waals surface area contributed by atoms with Crippen molar-refractivity contribution in [1.29, 1.82) is 0 Å². The summed E-state index contributed by atoms with van der Waals surface area (Å²) in [4.78, 5) is 24.5. The third kappa shape index (κ3) is 3.15. The Labute approximate surface area is 183 Å². The van der Waals surface area contributed by atoms with Gasteiger partial charge in [0, 0.05) is 43.3 Å². The Bertz CT molecular complexity index is 965. The molecule has 5 aliphatic rings. The Hall–Kier alpha value is -2.47. The molecule has 1 amide bonds. The van der Waals surface area contributed by atoms with E-state index in [9.17, 15) is 9.90 Å². The lowest BCUT2D eigenvalue weighted by molar-refractivity contribution is -0.134. The molecule has 0 radical (unpaired) electrons. The molecule has 3 heterocycles. The Morgan fingerprint density at radius 1 is 1.13 bits per heavy atom. The van der Waals surface area contributed by atoms with Crippen molar-refractivity contribution in [1.82, 2.24) is 15.3 Å². The predicted molar refractivity (Wildman–Crippen MR) is 118 cm³/mol. The fraction of sp³-hybridized carbons (Fsp3) is 0.560. The summed E-state index contributed by atoms with van der Waals surface area (Å²) in [6.45, 7) is 1.76. The van der Waals surface area contributed by atoms with Gasteiger partial charge in [0.2, 0.25) is 5.91 Å². The van der Waals surface area contributed by atoms with Crippen LogP contribution in [-0.4, -0.2) is 46.2 Å². The van der Waals surface area contributed by atoms with Crippen LogP contribution in [0.3, 0.4) is 0 Å². The first-order chi connectivity index (χ1) is 15.1. The minimum atomic E-state index is -0.306. The van der Waals surface area contributed by atoms with Gasteiger partial charge < -0.3 is 15.3 Å². The van der Waals surface area contributed by atoms with Crippen molar-refractivity contribution in [3.05, 3.63) is 42.9 Å². The molecule has 1 aliphatic heterocycles. The normalized spacial score (nSPS) is 36.0. The van der Waals surface area contributed by atoms with Gasteiger partial charge in [-0.15, -0.1) is 0 Å². The number of hydrogen-bond acceptors (Lipinski definition) is 5. The van der Waals surface area contributed by atoms with Gasteiger partial charge in [0.05, 0.1) is 11.5 Å². The van der Waals surface area contributed by atoms with Crippen molar-refractivity contribution in [3.63, 3.8) is 0 Å². The molecule has 0 aromatic carbocycles. The predicted octanol–water partition coefficient (Wildman–Crippen LogP) is 3.03. The molecule has 5 unspecified atom stereocenters. The van der Waals surface area contributed by atoms with E-state index < -0.39 is 0 Å². The maximum absolute atomic E-state index is 13.4. The maximum atomic E-state index is 13.4. The van der Waals surface area contributed by atoms with Crippen molar-refractivity contribution >= 4 is 11.7 Å². The van der Waals surface area contributed by atoms with Crippen LogP contribution in [0, 0.1) is 23.2 Å². The molecule has 2 N–H and O–H groups in total. The zero-order valence-corrected chi connectivity index (χ0v) is 17.8. The number of anilines is 1. The standard InChI is InChI=1S/C25H30N4O2/c30-23-19-10-16-11-21(23)25(12-16,13-19)24(31)28-20-2-1-9-29(15-20)22-4-3-18(14-27-22)17-5-7-26-8-6-17/h3-8,14,16,19-21,23,30H,1-2,9-13,15H2,(H,28,31)/t16?,19?,20-,21?,23?,25?/m0/s1. The number of carbonyl (C=O) groups excluding carboxylic acids is 1. The van der Waals surface area contributed by atoms with Crippen LogP contribution in [0.5, 0.6) is 0 Å². The smallest absolute Gasteiger partial charge is 0.226 e. The fourth-order valence-electron chi connectivity index (χ4n) is 7.06. The molecule has 6 heteroatoms. The summed E-state index contributed by atoms with van der Waals surface area (Å²) >= 11 is 0. The third-order valence-electron chi connectivity index (χ3n) is 8.40. The first-order valence-electron chi connectivity index (χ1n) is 11.7. The number of aromatic nitrogens is 2. The van der Waals surface area contributed by atoms with E-state index in [2.05, 4.69) is 27.3 Å². The molecule has 1 saturated heterocycles. The monoisotopic (exact) mass is 418 g/mol. The van der Waals surface area contributed by atoms with Crippen LogP contribution < -0.4 is 10.2 Å². The van der Waals surface area contributed by atoms with Crippen molar-refractivity contribution in [2.45, 2.75) is 50.7 Å². The SMILES string of the molecule is O=C(N[C@H]1CCCN(c2ccc(-c3ccncc3)cn2)C1)C12CC3CC(C1)C(O)C2C3. The average molecular weight is 419 g/mol. The highest BCUT2D eigenvalue weighted by Gasteiger charge is 2.65. The van der Waals surface area contributed by atoms with Crippen LogP contribution in [0.15, 0.2) is 42.9 Å². The summed E-state index contributed by atoms with van der Waals surface area (Å²) in [5.41, 5.74) is 1.89. The molecule has 5 fully saturated rings. The number of nitrogens with one attached hydrogen (secondary N) is 1. The third-order valence-corrected chi connectivity index (χ3v) is 8.40. The lowest BCUT2D eigenvalue weighted by Crippen LogP contribution is -2.52. The van der Waals surface area contributed by atoms with E-state index in [1.807, 2.05) is 18.3 Å². The number of aliphatic hydroxyl groups is 1. The van der Waals surface area contributed by atoms with Gasteiger partial charge in [-0.05, 0) is 86.1 Å². The van der Waals surface area contributed by atoms with Crippen molar-refractivity contribution < 1.29 is 9.90 Å². The highest BCUT2D eigenvalue weighted by Crippen LogP contribution is 2.65. The molecule has 2 aromatic heterocycles. The summed E-state index contributed by atoms with van der Waals surface area (Å²) < 4.78 is 0. The van der Waals surface area contributed by atoms with Gasteiger partial charge in [0.25, 0.3) is 0 Å². The number of pyridine rings is 2. The number of hydrogen-bond donors (Lipinski definition) is 2. The Morgan fingerprint density at radius 2 is 2.00 bits per heavy atom. The van der Waals surface area contributed by atoms with Gasteiger partial charge in [0.15, 0.2) is 0 Å². The Morgan fingerprint density at radius 3 is 2.81 bits per heavy atom. The lowest BCUT2D eigenvalue weighted by atomic mass is 9.74. The summed E-state index contributed by atoms with van der Waals surface area (Å²) in [6.07, 6.45) is 11.3. The summed E-state index contributed by atoms with van der Waals surface area (Å²) in [5.74, 6) is 2.33. The first-order valence-corrected chi connectivity index (χ1v) is 11.7. The van der Waals surface area contributed by atoms with Gasteiger partial charge in [-0.3, -0.25) is 9.78 Å². The van der Waals surface area contributed by atoms with Crippen LogP contribution >= 0.6 is 0 Å². The highest BCUT2D eigenvalue weighted by atomic mass is 16.3. The molecule has 162 valence electrons. The van der Waals surface area contributed by atoms with Gasteiger partial charge >= 0.3 is 0 Å². The molecule has 6 nitrogen and oxygen atoms in total.